The van der Waals surface area contributed by atoms with Gasteiger partial charge in [0.25, 0.3) is 0 Å². The van der Waals surface area contributed by atoms with Crippen molar-refractivity contribution in [2.75, 3.05) is 13.7 Å². The number of fused-ring (bicyclic) bond motifs is 1. The van der Waals surface area contributed by atoms with Gasteiger partial charge in [-0.25, -0.2) is 4.98 Å². The van der Waals surface area contributed by atoms with Crippen LogP contribution in [0.25, 0.3) is 16.9 Å². The minimum absolute atomic E-state index is 0.559. The zero-order valence-corrected chi connectivity index (χ0v) is 12.5. The highest BCUT2D eigenvalue weighted by atomic mass is 35.5. The number of hydrogen-bond acceptors (Lipinski definition) is 3. The second-order valence-corrected chi connectivity index (χ2v) is 5.13. The third-order valence-corrected chi connectivity index (χ3v) is 3.74. The second-order valence-electron chi connectivity index (χ2n) is 4.72. The van der Waals surface area contributed by atoms with Gasteiger partial charge in [0.05, 0.1) is 23.5 Å². The third kappa shape index (κ3) is 2.48. The predicted octanol–water partition coefficient (Wildman–Crippen LogP) is 3.16. The normalized spacial score (nSPS) is 11.0. The fraction of sp³-hybridized carbons (Fsp3) is 0.188. The molecule has 5 heteroatoms. The molecule has 3 aromatic rings. The molecule has 0 spiro atoms. The van der Waals surface area contributed by atoms with Crippen LogP contribution in [0.2, 0.25) is 5.02 Å². The number of methoxy groups -OCH3 is 1. The van der Waals surface area contributed by atoms with Crippen molar-refractivity contribution in [3.63, 3.8) is 0 Å². The highest BCUT2D eigenvalue weighted by Gasteiger charge is 2.15. The van der Waals surface area contributed by atoms with Crippen molar-refractivity contribution < 1.29 is 4.74 Å². The molecule has 0 saturated heterocycles. The lowest BCUT2D eigenvalue weighted by Crippen LogP contribution is -2.06. The maximum atomic E-state index is 6.24. The van der Waals surface area contributed by atoms with Crippen LogP contribution in [0.1, 0.15) is 5.69 Å². The first-order chi connectivity index (χ1) is 10.2. The molecule has 3 rings (SSSR count). The number of aromatic nitrogens is 2. The van der Waals surface area contributed by atoms with Crippen LogP contribution in [-0.2, 0) is 6.42 Å². The Morgan fingerprint density at radius 3 is 2.67 bits per heavy atom. The molecule has 0 fully saturated rings. The zero-order chi connectivity index (χ0) is 14.8. The van der Waals surface area contributed by atoms with Gasteiger partial charge >= 0.3 is 0 Å². The van der Waals surface area contributed by atoms with Crippen LogP contribution < -0.4 is 10.5 Å². The largest absolute Gasteiger partial charge is 0.497 e. The number of nitrogens with two attached hydrogens (primary N) is 1. The van der Waals surface area contributed by atoms with E-state index in [0.717, 1.165) is 34.8 Å². The third-order valence-electron chi connectivity index (χ3n) is 3.45. The Kier molecular flexibility index (Phi) is 3.82. The van der Waals surface area contributed by atoms with Crippen molar-refractivity contribution >= 4 is 17.2 Å². The van der Waals surface area contributed by atoms with Crippen molar-refractivity contribution in [3.8, 4) is 17.0 Å². The topological polar surface area (TPSA) is 52.5 Å². The Balaban J connectivity index is 2.20. The van der Waals surface area contributed by atoms with Gasteiger partial charge in [0, 0.05) is 18.2 Å². The fourth-order valence-electron chi connectivity index (χ4n) is 2.44. The number of ether oxygens (including phenoxy) is 1. The average Bonchev–Trinajstić information content (AvgIpc) is 2.88. The standard InChI is InChI=1S/C16H16ClN3O/c1-21-12-6-4-11(5-7-12)15-14(8-9-18)20-10-2-3-13(17)16(20)19-15/h2-7,10H,8-9,18H2,1H3. The van der Waals surface area contributed by atoms with Crippen LogP contribution in [0.4, 0.5) is 0 Å². The van der Waals surface area contributed by atoms with E-state index >= 15 is 0 Å². The van der Waals surface area contributed by atoms with Crippen LogP contribution in [-0.4, -0.2) is 23.0 Å². The number of pyridine rings is 1. The zero-order valence-electron chi connectivity index (χ0n) is 11.7. The number of rotatable bonds is 4. The number of halogens is 1. The van der Waals surface area contributed by atoms with E-state index in [0.29, 0.717) is 11.6 Å². The van der Waals surface area contributed by atoms with Gasteiger partial charge in [-0.05, 0) is 42.9 Å². The molecule has 2 heterocycles. The van der Waals surface area contributed by atoms with Crippen molar-refractivity contribution in [1.29, 1.82) is 0 Å². The average molecular weight is 302 g/mol. The van der Waals surface area contributed by atoms with E-state index in [2.05, 4.69) is 0 Å². The molecule has 2 aromatic heterocycles. The highest BCUT2D eigenvalue weighted by molar-refractivity contribution is 6.33. The monoisotopic (exact) mass is 301 g/mol. The van der Waals surface area contributed by atoms with E-state index in [1.54, 1.807) is 7.11 Å². The molecule has 0 aliphatic rings. The first kappa shape index (κ1) is 13.9. The number of hydrogen-bond donors (Lipinski definition) is 1. The fourth-order valence-corrected chi connectivity index (χ4v) is 2.65. The molecule has 4 nitrogen and oxygen atoms in total. The van der Waals surface area contributed by atoms with Gasteiger partial charge in [-0.1, -0.05) is 11.6 Å². The molecule has 1 aromatic carbocycles. The smallest absolute Gasteiger partial charge is 0.156 e. The van der Waals surface area contributed by atoms with Crippen LogP contribution in [0, 0.1) is 0 Å². The van der Waals surface area contributed by atoms with Crippen molar-refractivity contribution in [1.82, 2.24) is 9.38 Å². The molecule has 2 N–H and O–H groups in total. The van der Waals surface area contributed by atoms with Gasteiger partial charge in [-0.15, -0.1) is 0 Å². The lowest BCUT2D eigenvalue weighted by Gasteiger charge is -2.05. The Hall–Kier alpha value is -2.04. The Bertz CT molecular complexity index is 765. The molecule has 0 atom stereocenters. The molecule has 0 aliphatic heterocycles. The summed E-state index contributed by atoms with van der Waals surface area (Å²) in [4.78, 5) is 4.69. The molecule has 0 unspecified atom stereocenters. The van der Waals surface area contributed by atoms with Gasteiger partial charge in [-0.3, -0.25) is 0 Å². The van der Waals surface area contributed by atoms with Crippen molar-refractivity contribution in [3.05, 3.63) is 53.3 Å². The molecule has 0 aliphatic carbocycles. The number of nitrogens with zero attached hydrogens (tertiary/aromatic N) is 2. The number of imidazole rings is 1. The maximum absolute atomic E-state index is 6.24. The summed E-state index contributed by atoms with van der Waals surface area (Å²) in [6.45, 7) is 0.559. The van der Waals surface area contributed by atoms with E-state index in [1.165, 1.54) is 0 Å². The Morgan fingerprint density at radius 1 is 1.24 bits per heavy atom. The summed E-state index contributed by atoms with van der Waals surface area (Å²) in [6, 6.07) is 11.6. The lowest BCUT2D eigenvalue weighted by molar-refractivity contribution is 0.415. The van der Waals surface area contributed by atoms with E-state index in [4.69, 9.17) is 27.1 Å². The lowest BCUT2D eigenvalue weighted by atomic mass is 10.1. The Labute approximate surface area is 128 Å². The highest BCUT2D eigenvalue weighted by Crippen LogP contribution is 2.29. The molecular formula is C16H16ClN3O. The SMILES string of the molecule is COc1ccc(-c2nc3c(Cl)cccn3c2CCN)cc1. The van der Waals surface area contributed by atoms with E-state index < -0.39 is 0 Å². The van der Waals surface area contributed by atoms with Crippen LogP contribution in [0.5, 0.6) is 5.75 Å². The minimum Gasteiger partial charge on any atom is -0.497 e. The van der Waals surface area contributed by atoms with E-state index in [-0.39, 0.29) is 0 Å². The second kappa shape index (κ2) is 5.76. The number of benzene rings is 1. The summed E-state index contributed by atoms with van der Waals surface area (Å²) >= 11 is 6.24. The van der Waals surface area contributed by atoms with Gasteiger partial charge in [0.2, 0.25) is 0 Å². The molecule has 0 bridgehead atoms. The summed E-state index contributed by atoms with van der Waals surface area (Å²) in [5, 5.41) is 0.635. The molecule has 108 valence electrons. The van der Waals surface area contributed by atoms with Crippen LogP contribution in [0.15, 0.2) is 42.6 Å². The Morgan fingerprint density at radius 2 is 2.00 bits per heavy atom. The molecule has 0 saturated carbocycles. The summed E-state index contributed by atoms with van der Waals surface area (Å²) in [5.74, 6) is 0.820. The summed E-state index contributed by atoms with van der Waals surface area (Å²) in [7, 11) is 1.65. The molecule has 21 heavy (non-hydrogen) atoms. The minimum atomic E-state index is 0.559. The first-order valence-corrected chi connectivity index (χ1v) is 7.12. The van der Waals surface area contributed by atoms with Crippen molar-refractivity contribution in [2.24, 2.45) is 5.73 Å². The van der Waals surface area contributed by atoms with Gasteiger partial charge in [-0.2, -0.15) is 0 Å². The first-order valence-electron chi connectivity index (χ1n) is 6.74. The summed E-state index contributed by atoms with van der Waals surface area (Å²) in [5.41, 5.74) is 9.51. The summed E-state index contributed by atoms with van der Waals surface area (Å²) < 4.78 is 7.20. The molecule has 0 amide bonds. The van der Waals surface area contributed by atoms with Gasteiger partial charge in [0.15, 0.2) is 5.65 Å². The quantitative estimate of drug-likeness (QED) is 0.805. The molecular weight excluding hydrogens is 286 g/mol. The van der Waals surface area contributed by atoms with E-state index in [9.17, 15) is 0 Å². The van der Waals surface area contributed by atoms with E-state index in [1.807, 2.05) is 47.0 Å². The maximum Gasteiger partial charge on any atom is 0.156 e. The van der Waals surface area contributed by atoms with Crippen LogP contribution in [0.3, 0.4) is 0 Å². The van der Waals surface area contributed by atoms with Gasteiger partial charge in [0.1, 0.15) is 5.75 Å². The van der Waals surface area contributed by atoms with Gasteiger partial charge < -0.3 is 14.9 Å². The molecule has 0 radical (unpaired) electrons. The predicted molar refractivity (Wildman–Crippen MR) is 84.9 cm³/mol. The van der Waals surface area contributed by atoms with Crippen LogP contribution >= 0.6 is 11.6 Å². The van der Waals surface area contributed by atoms with Crippen molar-refractivity contribution in [2.45, 2.75) is 6.42 Å². The summed E-state index contributed by atoms with van der Waals surface area (Å²) in [6.07, 6.45) is 2.70.